The first-order chi connectivity index (χ1) is 17.1. The van der Waals surface area contributed by atoms with E-state index in [1.807, 2.05) is 0 Å². The maximum Gasteiger partial charge on any atom is 0.418 e. The third-order valence-electron chi connectivity index (χ3n) is 5.70. The summed E-state index contributed by atoms with van der Waals surface area (Å²) in [5.74, 6) is 0.202. The average Bonchev–Trinajstić information content (AvgIpc) is 2.85. The normalized spacial score (nSPS) is 15.4. The maximum atomic E-state index is 13.2. The van der Waals surface area contributed by atoms with Crippen molar-refractivity contribution in [3.63, 3.8) is 0 Å². The van der Waals surface area contributed by atoms with Crippen LogP contribution < -0.4 is 10.8 Å². The topological polar surface area (TPSA) is 112 Å². The largest absolute Gasteiger partial charge is 0.507 e. The molecule has 3 rings (SSSR count). The summed E-state index contributed by atoms with van der Waals surface area (Å²) in [6.07, 6.45) is -0.786. The molecule has 0 radical (unpaired) electrons. The van der Waals surface area contributed by atoms with E-state index in [0.717, 1.165) is 6.07 Å². The van der Waals surface area contributed by atoms with Gasteiger partial charge in [-0.25, -0.2) is 4.79 Å². The number of piperidine rings is 1. The number of nitrogens with zero attached hydrogens (tertiary/aromatic N) is 3. The molecule has 1 aliphatic rings. The van der Waals surface area contributed by atoms with Gasteiger partial charge in [0.15, 0.2) is 0 Å². The molecule has 0 unspecified atom stereocenters. The highest BCUT2D eigenvalue weighted by Crippen LogP contribution is 2.36. The number of aromatic hydroxyl groups is 1. The van der Waals surface area contributed by atoms with Crippen LogP contribution in [0, 0.1) is 0 Å². The van der Waals surface area contributed by atoms with Crippen LogP contribution in [0.1, 0.15) is 36.5 Å². The predicted octanol–water partition coefficient (Wildman–Crippen LogP) is 4.65. The van der Waals surface area contributed by atoms with Gasteiger partial charge in [0, 0.05) is 24.2 Å². The zero-order valence-corrected chi connectivity index (χ0v) is 19.8. The van der Waals surface area contributed by atoms with Crippen LogP contribution in [-0.2, 0) is 10.9 Å². The SMILES string of the molecule is CCOC(=O)N1CCC(N=C(N)c2ccc(O)c(/C=C/CN(O)c3ccccc3C(F)(F)F)c2)CC1. The molecular weight excluding hydrogens is 477 g/mol. The van der Waals surface area contributed by atoms with Gasteiger partial charge in [-0.1, -0.05) is 24.3 Å². The Bertz CT molecular complexity index is 1110. The number of phenolic OH excluding ortho intramolecular Hbond substituents is 1. The Morgan fingerprint density at radius 3 is 2.61 bits per heavy atom. The molecule has 1 aliphatic heterocycles. The lowest BCUT2D eigenvalue weighted by atomic mass is 10.0. The number of aliphatic imine (C=N–C) groups is 1. The van der Waals surface area contributed by atoms with Crippen LogP contribution in [0.5, 0.6) is 5.75 Å². The molecule has 1 heterocycles. The standard InChI is InChI=1S/C25H29F3N4O4/c1-2-36-24(34)31-14-11-19(12-15-31)30-23(29)18-9-10-22(33)17(16-18)6-5-13-32(35)21-8-4-3-7-20(21)25(26,27)28/h3-10,16,19,33,35H,2,11-15H2,1H3,(H2,29,30)/b6-5+. The summed E-state index contributed by atoms with van der Waals surface area (Å²) in [4.78, 5) is 18.0. The Morgan fingerprint density at radius 2 is 1.94 bits per heavy atom. The molecule has 0 spiro atoms. The summed E-state index contributed by atoms with van der Waals surface area (Å²) in [5, 5.41) is 20.8. The number of phenols is 1. The lowest BCUT2D eigenvalue weighted by Crippen LogP contribution is -2.40. The van der Waals surface area contributed by atoms with E-state index >= 15 is 0 Å². The molecule has 11 heteroatoms. The number of benzene rings is 2. The van der Waals surface area contributed by atoms with Gasteiger partial charge >= 0.3 is 12.3 Å². The smallest absolute Gasteiger partial charge is 0.418 e. The number of rotatable bonds is 7. The molecule has 0 aliphatic carbocycles. The number of para-hydroxylation sites is 1. The van der Waals surface area contributed by atoms with E-state index < -0.39 is 11.7 Å². The van der Waals surface area contributed by atoms with Gasteiger partial charge in [0.2, 0.25) is 0 Å². The summed E-state index contributed by atoms with van der Waals surface area (Å²) in [5.41, 5.74) is 5.77. The number of hydroxylamine groups is 1. The molecule has 1 saturated heterocycles. The van der Waals surface area contributed by atoms with Crippen molar-refractivity contribution in [1.29, 1.82) is 0 Å². The van der Waals surface area contributed by atoms with Gasteiger partial charge in [0.05, 0.1) is 30.4 Å². The van der Waals surface area contributed by atoms with Gasteiger partial charge in [0.25, 0.3) is 0 Å². The molecule has 4 N–H and O–H groups in total. The van der Waals surface area contributed by atoms with E-state index in [9.17, 15) is 28.3 Å². The minimum absolute atomic E-state index is 0.0641. The van der Waals surface area contributed by atoms with Crippen LogP contribution in [-0.4, -0.2) is 59.4 Å². The highest BCUT2D eigenvalue weighted by molar-refractivity contribution is 5.98. The van der Waals surface area contributed by atoms with Gasteiger partial charge in [-0.2, -0.15) is 13.2 Å². The number of hydrogen-bond donors (Lipinski definition) is 3. The lowest BCUT2D eigenvalue weighted by molar-refractivity contribution is -0.137. The second-order valence-electron chi connectivity index (χ2n) is 8.20. The van der Waals surface area contributed by atoms with E-state index in [-0.39, 0.29) is 36.0 Å². The molecule has 2 aromatic carbocycles. The van der Waals surface area contributed by atoms with E-state index in [1.165, 1.54) is 36.4 Å². The van der Waals surface area contributed by atoms with Crippen LogP contribution in [0.15, 0.2) is 53.5 Å². The molecule has 194 valence electrons. The summed E-state index contributed by atoms with van der Waals surface area (Å²) in [6.45, 7) is 2.85. The van der Waals surface area contributed by atoms with Crippen LogP contribution in [0.3, 0.4) is 0 Å². The minimum Gasteiger partial charge on any atom is -0.507 e. The Hall–Kier alpha value is -3.73. The molecule has 1 amide bonds. The predicted molar refractivity (Wildman–Crippen MR) is 130 cm³/mol. The number of ether oxygens (including phenoxy) is 1. The summed E-state index contributed by atoms with van der Waals surface area (Å²) in [7, 11) is 0. The van der Waals surface area contributed by atoms with Crippen molar-refractivity contribution < 1.29 is 33.0 Å². The number of hydrogen-bond acceptors (Lipinski definition) is 6. The fourth-order valence-electron chi connectivity index (χ4n) is 3.83. The van der Waals surface area contributed by atoms with Crippen molar-refractivity contribution in [3.05, 3.63) is 65.2 Å². The third kappa shape index (κ3) is 6.91. The quantitative estimate of drug-likeness (QED) is 0.287. The van der Waals surface area contributed by atoms with Crippen molar-refractivity contribution in [2.75, 3.05) is 31.3 Å². The molecule has 0 aromatic heterocycles. The number of halogens is 3. The van der Waals surface area contributed by atoms with Gasteiger partial charge in [-0.05, 0) is 50.1 Å². The molecule has 0 saturated carbocycles. The number of amidine groups is 1. The van der Waals surface area contributed by atoms with Crippen LogP contribution >= 0.6 is 0 Å². The van der Waals surface area contributed by atoms with Gasteiger partial charge in [-0.15, -0.1) is 0 Å². The van der Waals surface area contributed by atoms with E-state index in [0.29, 0.717) is 48.7 Å². The number of anilines is 1. The number of likely N-dealkylation sites (tertiary alicyclic amines) is 1. The Kier molecular flexibility index (Phi) is 8.81. The highest BCUT2D eigenvalue weighted by atomic mass is 19.4. The van der Waals surface area contributed by atoms with E-state index in [4.69, 9.17) is 10.5 Å². The van der Waals surface area contributed by atoms with E-state index in [2.05, 4.69) is 4.99 Å². The Morgan fingerprint density at radius 1 is 1.25 bits per heavy atom. The number of carbonyl (C=O) groups is 1. The highest BCUT2D eigenvalue weighted by Gasteiger charge is 2.34. The summed E-state index contributed by atoms with van der Waals surface area (Å²) in [6, 6.07) is 9.28. The molecule has 0 bridgehead atoms. The Labute approximate surface area is 207 Å². The fraction of sp³-hybridized carbons (Fsp3) is 0.360. The van der Waals surface area contributed by atoms with E-state index in [1.54, 1.807) is 24.0 Å². The molecule has 2 aromatic rings. The summed E-state index contributed by atoms with van der Waals surface area (Å²) >= 11 is 0. The number of nitrogens with two attached hydrogens (primary N) is 1. The first-order valence-corrected chi connectivity index (χ1v) is 11.5. The zero-order valence-electron chi connectivity index (χ0n) is 19.8. The van der Waals surface area contributed by atoms with Gasteiger partial charge < -0.3 is 20.5 Å². The molecule has 0 atom stereocenters. The summed E-state index contributed by atoms with van der Waals surface area (Å²) < 4.78 is 44.6. The van der Waals surface area contributed by atoms with Crippen LogP contribution in [0.4, 0.5) is 23.7 Å². The molecular formula is C25H29F3N4O4. The first-order valence-electron chi connectivity index (χ1n) is 11.5. The number of carbonyl (C=O) groups excluding carboxylic acids is 1. The molecule has 8 nitrogen and oxygen atoms in total. The van der Waals surface area contributed by atoms with Crippen molar-refractivity contribution in [2.45, 2.75) is 32.0 Å². The Balaban J connectivity index is 1.66. The number of alkyl halides is 3. The van der Waals surface area contributed by atoms with Gasteiger partial charge in [0.1, 0.15) is 11.6 Å². The van der Waals surface area contributed by atoms with Crippen LogP contribution in [0.25, 0.3) is 6.08 Å². The van der Waals surface area contributed by atoms with Crippen molar-refractivity contribution in [3.8, 4) is 5.75 Å². The third-order valence-corrected chi connectivity index (χ3v) is 5.70. The van der Waals surface area contributed by atoms with Gasteiger partial charge in [-0.3, -0.25) is 15.3 Å². The van der Waals surface area contributed by atoms with Crippen molar-refractivity contribution in [2.24, 2.45) is 10.7 Å². The maximum absolute atomic E-state index is 13.2. The fourth-order valence-corrected chi connectivity index (χ4v) is 3.83. The molecule has 36 heavy (non-hydrogen) atoms. The zero-order chi connectivity index (χ0) is 26.3. The van der Waals surface area contributed by atoms with Crippen molar-refractivity contribution >= 4 is 23.7 Å². The minimum atomic E-state index is -4.61. The second kappa shape index (κ2) is 11.8. The molecule has 1 fully saturated rings. The first kappa shape index (κ1) is 26.9. The average molecular weight is 507 g/mol. The number of amides is 1. The van der Waals surface area contributed by atoms with Crippen LogP contribution in [0.2, 0.25) is 0 Å². The second-order valence-corrected chi connectivity index (χ2v) is 8.20. The monoisotopic (exact) mass is 506 g/mol. The van der Waals surface area contributed by atoms with Crippen molar-refractivity contribution in [1.82, 2.24) is 4.90 Å². The lowest BCUT2D eigenvalue weighted by Gasteiger charge is -2.29.